The molecule has 0 spiro atoms. The molecule has 0 aliphatic carbocycles. The fourth-order valence-corrected chi connectivity index (χ4v) is 2.26. The van der Waals surface area contributed by atoms with E-state index in [4.69, 9.17) is 16.0 Å². The van der Waals surface area contributed by atoms with E-state index in [9.17, 15) is 4.39 Å². The van der Waals surface area contributed by atoms with Gasteiger partial charge in [-0.3, -0.25) is 0 Å². The van der Waals surface area contributed by atoms with E-state index < -0.39 is 0 Å². The number of oxazole rings is 1. The number of rotatable bonds is 7. The van der Waals surface area contributed by atoms with Crippen molar-refractivity contribution in [1.82, 2.24) is 10.3 Å². The van der Waals surface area contributed by atoms with Crippen molar-refractivity contribution in [2.24, 2.45) is 5.92 Å². The number of halogens is 2. The van der Waals surface area contributed by atoms with Crippen LogP contribution in [-0.4, -0.2) is 18.1 Å². The zero-order valence-electron chi connectivity index (χ0n) is 12.3. The summed E-state index contributed by atoms with van der Waals surface area (Å²) in [5.74, 6) is 1.54. The second-order valence-corrected chi connectivity index (χ2v) is 5.85. The van der Waals surface area contributed by atoms with Gasteiger partial charge < -0.3 is 9.73 Å². The zero-order chi connectivity index (χ0) is 15.2. The summed E-state index contributed by atoms with van der Waals surface area (Å²) in [5, 5.41) is 3.71. The van der Waals surface area contributed by atoms with Crippen LogP contribution in [0.25, 0.3) is 11.3 Å². The molecule has 0 radical (unpaired) electrons. The van der Waals surface area contributed by atoms with Crippen LogP contribution in [0, 0.1) is 11.7 Å². The lowest BCUT2D eigenvalue weighted by atomic mass is 10.2. The normalized spacial score (nSPS) is 11.3. The summed E-state index contributed by atoms with van der Waals surface area (Å²) in [4.78, 5) is 4.24. The Morgan fingerprint density at radius 1 is 1.38 bits per heavy atom. The van der Waals surface area contributed by atoms with Crippen LogP contribution >= 0.6 is 11.6 Å². The molecule has 0 saturated heterocycles. The van der Waals surface area contributed by atoms with E-state index in [2.05, 4.69) is 24.1 Å². The van der Waals surface area contributed by atoms with E-state index in [0.29, 0.717) is 28.2 Å². The molecular formula is C16H20ClFN2O. The molecule has 0 atom stereocenters. The number of nitrogens with one attached hydrogen (secondary N) is 1. The van der Waals surface area contributed by atoms with Gasteiger partial charge >= 0.3 is 0 Å². The highest BCUT2D eigenvalue weighted by atomic mass is 35.5. The molecule has 2 aromatic rings. The number of hydrogen-bond acceptors (Lipinski definition) is 3. The van der Waals surface area contributed by atoms with Gasteiger partial charge in [-0.2, -0.15) is 0 Å². The van der Waals surface area contributed by atoms with Crippen LogP contribution in [0.4, 0.5) is 4.39 Å². The summed E-state index contributed by atoms with van der Waals surface area (Å²) in [6.07, 6.45) is 3.36. The second kappa shape index (κ2) is 7.57. The molecule has 3 nitrogen and oxygen atoms in total. The summed E-state index contributed by atoms with van der Waals surface area (Å²) < 4.78 is 18.7. The number of hydrogen-bond donors (Lipinski definition) is 1. The quantitative estimate of drug-likeness (QED) is 0.774. The Labute approximate surface area is 129 Å². The molecule has 0 aliphatic rings. The maximum atomic E-state index is 13.0. The maximum Gasteiger partial charge on any atom is 0.194 e. The largest absolute Gasteiger partial charge is 0.441 e. The first-order valence-corrected chi connectivity index (χ1v) is 7.55. The van der Waals surface area contributed by atoms with Gasteiger partial charge in [0.1, 0.15) is 5.82 Å². The van der Waals surface area contributed by atoms with Crippen molar-refractivity contribution in [3.05, 3.63) is 41.1 Å². The molecule has 21 heavy (non-hydrogen) atoms. The first kappa shape index (κ1) is 16.0. The molecule has 0 amide bonds. The lowest BCUT2D eigenvalue weighted by Gasteiger charge is -2.05. The molecule has 0 unspecified atom stereocenters. The van der Waals surface area contributed by atoms with Gasteiger partial charge in [0.15, 0.2) is 11.7 Å². The topological polar surface area (TPSA) is 38.1 Å². The van der Waals surface area contributed by atoms with E-state index in [1.807, 2.05) is 0 Å². The van der Waals surface area contributed by atoms with Gasteiger partial charge in [-0.15, -0.1) is 0 Å². The van der Waals surface area contributed by atoms with Crippen LogP contribution in [0.15, 0.2) is 28.8 Å². The lowest BCUT2D eigenvalue weighted by molar-refractivity contribution is 0.483. The second-order valence-electron chi connectivity index (χ2n) is 5.44. The number of aryl methyl sites for hydroxylation is 1. The summed E-state index contributed by atoms with van der Waals surface area (Å²) in [6, 6.07) is 4.24. The number of aromatic nitrogens is 1. The Morgan fingerprint density at radius 3 is 2.90 bits per heavy atom. The van der Waals surface area contributed by atoms with E-state index in [1.165, 1.54) is 12.1 Å². The predicted octanol–water partition coefficient (Wildman–Crippen LogP) is 4.31. The average Bonchev–Trinajstić information content (AvgIpc) is 2.86. The van der Waals surface area contributed by atoms with Crippen LogP contribution in [-0.2, 0) is 6.42 Å². The van der Waals surface area contributed by atoms with Gasteiger partial charge in [0.05, 0.1) is 11.2 Å². The first-order chi connectivity index (χ1) is 10.1. The average molecular weight is 311 g/mol. The summed E-state index contributed by atoms with van der Waals surface area (Å²) in [6.45, 7) is 6.31. The van der Waals surface area contributed by atoms with Crippen molar-refractivity contribution in [2.75, 3.05) is 13.1 Å². The monoisotopic (exact) mass is 310 g/mol. The van der Waals surface area contributed by atoms with E-state index in [-0.39, 0.29) is 5.82 Å². The van der Waals surface area contributed by atoms with Crippen molar-refractivity contribution >= 4 is 11.6 Å². The van der Waals surface area contributed by atoms with Crippen molar-refractivity contribution in [3.63, 3.8) is 0 Å². The molecule has 0 fully saturated rings. The highest BCUT2D eigenvalue weighted by Gasteiger charge is 2.10. The van der Waals surface area contributed by atoms with Gasteiger partial charge in [0, 0.05) is 12.0 Å². The molecule has 0 bridgehead atoms. The molecular weight excluding hydrogens is 291 g/mol. The van der Waals surface area contributed by atoms with Gasteiger partial charge in [-0.1, -0.05) is 25.4 Å². The minimum atomic E-state index is -0.361. The zero-order valence-corrected chi connectivity index (χ0v) is 13.1. The summed E-state index contributed by atoms with van der Waals surface area (Å²) in [7, 11) is 0. The molecule has 2 rings (SSSR count). The van der Waals surface area contributed by atoms with Crippen LogP contribution < -0.4 is 5.32 Å². The first-order valence-electron chi connectivity index (χ1n) is 7.17. The number of nitrogens with zero attached hydrogens (tertiary/aromatic N) is 1. The highest BCUT2D eigenvalue weighted by Crippen LogP contribution is 2.29. The molecule has 114 valence electrons. The molecule has 1 N–H and O–H groups in total. The Kier molecular flexibility index (Phi) is 5.76. The minimum Gasteiger partial charge on any atom is -0.441 e. The molecule has 1 aromatic carbocycles. The van der Waals surface area contributed by atoms with Crippen LogP contribution in [0.3, 0.4) is 0 Å². The lowest BCUT2D eigenvalue weighted by Crippen LogP contribution is -2.21. The maximum absolute atomic E-state index is 13.0. The Morgan fingerprint density at radius 2 is 2.19 bits per heavy atom. The fraction of sp³-hybridized carbons (Fsp3) is 0.438. The van der Waals surface area contributed by atoms with Gasteiger partial charge in [0.25, 0.3) is 0 Å². The summed E-state index contributed by atoms with van der Waals surface area (Å²) >= 11 is 6.01. The molecule has 1 heterocycles. The van der Waals surface area contributed by atoms with E-state index in [1.54, 1.807) is 12.3 Å². The standard InChI is InChI=1S/C16H20ClFN2O/c1-11(2)9-19-7-3-4-16-20-10-15(21-16)13-6-5-12(18)8-14(13)17/h5-6,8,10-11,19H,3-4,7,9H2,1-2H3. The van der Waals surface area contributed by atoms with Crippen molar-refractivity contribution in [2.45, 2.75) is 26.7 Å². The predicted molar refractivity (Wildman–Crippen MR) is 82.9 cm³/mol. The van der Waals surface area contributed by atoms with Crippen LogP contribution in [0.2, 0.25) is 5.02 Å². The fourth-order valence-electron chi connectivity index (χ4n) is 2.00. The summed E-state index contributed by atoms with van der Waals surface area (Å²) in [5.41, 5.74) is 0.662. The number of benzene rings is 1. The molecule has 0 aliphatic heterocycles. The minimum absolute atomic E-state index is 0.330. The van der Waals surface area contributed by atoms with E-state index in [0.717, 1.165) is 25.9 Å². The van der Waals surface area contributed by atoms with Gasteiger partial charge in [0.2, 0.25) is 0 Å². The smallest absolute Gasteiger partial charge is 0.194 e. The van der Waals surface area contributed by atoms with Crippen molar-refractivity contribution < 1.29 is 8.81 Å². The Balaban J connectivity index is 1.89. The van der Waals surface area contributed by atoms with E-state index >= 15 is 0 Å². The molecule has 1 aromatic heterocycles. The third-order valence-corrected chi connectivity index (χ3v) is 3.36. The Hall–Kier alpha value is -1.39. The Bertz CT molecular complexity index is 583. The van der Waals surface area contributed by atoms with Gasteiger partial charge in [-0.05, 0) is 43.6 Å². The third kappa shape index (κ3) is 4.83. The molecule has 5 heteroatoms. The third-order valence-electron chi connectivity index (χ3n) is 3.05. The van der Waals surface area contributed by atoms with Crippen LogP contribution in [0.1, 0.15) is 26.2 Å². The van der Waals surface area contributed by atoms with Crippen molar-refractivity contribution in [1.29, 1.82) is 0 Å². The van der Waals surface area contributed by atoms with Crippen LogP contribution in [0.5, 0.6) is 0 Å². The SMILES string of the molecule is CC(C)CNCCCc1ncc(-c2ccc(F)cc2Cl)o1. The highest BCUT2D eigenvalue weighted by molar-refractivity contribution is 6.33. The van der Waals surface area contributed by atoms with Crippen molar-refractivity contribution in [3.8, 4) is 11.3 Å². The molecule has 0 saturated carbocycles. The van der Waals surface area contributed by atoms with Gasteiger partial charge in [-0.25, -0.2) is 9.37 Å².